The van der Waals surface area contributed by atoms with Crippen molar-refractivity contribution in [2.75, 3.05) is 0 Å². The Hall–Kier alpha value is -1.32. The lowest BCUT2D eigenvalue weighted by Gasteiger charge is -1.83. The summed E-state index contributed by atoms with van der Waals surface area (Å²) < 4.78 is 0. The van der Waals surface area contributed by atoms with Gasteiger partial charge in [0.2, 0.25) is 0 Å². The van der Waals surface area contributed by atoms with Gasteiger partial charge in [0.05, 0.1) is 0 Å². The van der Waals surface area contributed by atoms with Crippen molar-refractivity contribution in [3.05, 3.63) is 0 Å². The maximum absolute atomic E-state index is 6.72. The van der Waals surface area contributed by atoms with Crippen molar-refractivity contribution in [3.63, 3.8) is 0 Å². The number of hydrogen-bond donors (Lipinski definition) is 4. The molecule has 4 heteroatoms. The molecular weight excluding hydrogens is 188 g/mol. The van der Waals surface area contributed by atoms with Crippen molar-refractivity contribution < 1.29 is 0 Å². The number of rotatable bonds is 1. The van der Waals surface area contributed by atoms with Crippen LogP contribution < -0.4 is 0 Å². The van der Waals surface area contributed by atoms with Crippen molar-refractivity contribution in [3.8, 4) is 0 Å². The molecule has 0 spiro atoms. The molecule has 0 aliphatic carbocycles. The topological polar surface area (TPSA) is 95.4 Å². The van der Waals surface area contributed by atoms with Crippen LogP contribution in [-0.4, -0.2) is 23.9 Å². The van der Waals surface area contributed by atoms with Gasteiger partial charge in [0.15, 0.2) is 0 Å². The first-order chi connectivity index (χ1) is 6.89. The van der Waals surface area contributed by atoms with E-state index in [0.29, 0.717) is 11.4 Å². The summed E-state index contributed by atoms with van der Waals surface area (Å²) in [6.45, 7) is 10.8. The monoisotopic (exact) mass is 214 g/mol. The van der Waals surface area contributed by atoms with Gasteiger partial charge in [-0.25, -0.2) is 0 Å². The minimum Gasteiger partial charge on any atom is -0.313 e. The summed E-state index contributed by atoms with van der Waals surface area (Å²) in [7, 11) is 0. The van der Waals surface area contributed by atoms with Crippen molar-refractivity contribution in [2.24, 2.45) is 0 Å². The average Bonchev–Trinajstić information content (AvgIpc) is 2.07. The highest BCUT2D eigenvalue weighted by atomic mass is 14.5. The van der Waals surface area contributed by atoms with E-state index in [1.807, 2.05) is 0 Å². The Bertz CT molecular complexity index is 144. The largest absolute Gasteiger partial charge is 0.313 e. The Labute approximate surface area is 94.1 Å². The van der Waals surface area contributed by atoms with Crippen molar-refractivity contribution >= 4 is 23.9 Å². The lowest BCUT2D eigenvalue weighted by atomic mass is 10.3. The first kappa shape index (κ1) is 23.5. The van der Waals surface area contributed by atoms with Crippen LogP contribution in [0.5, 0.6) is 0 Å². The summed E-state index contributed by atoms with van der Waals surface area (Å²) in [6.07, 6.45) is 3.75. The Kier molecular flexibility index (Phi) is 45.9. The summed E-state index contributed by atoms with van der Waals surface area (Å²) in [5.41, 5.74) is 0.685. The van der Waals surface area contributed by atoms with E-state index in [1.54, 1.807) is 27.7 Å². The van der Waals surface area contributed by atoms with Crippen LogP contribution in [0.4, 0.5) is 0 Å². The van der Waals surface area contributed by atoms with Crippen molar-refractivity contribution in [1.82, 2.24) is 0 Å². The van der Waals surface area contributed by atoms with Crippen LogP contribution >= 0.6 is 0 Å². The molecule has 0 aromatic rings. The quantitative estimate of drug-likeness (QED) is 0.478. The first-order valence-electron chi connectivity index (χ1n) is 4.90. The highest BCUT2D eigenvalue weighted by Crippen LogP contribution is 1.69. The summed E-state index contributed by atoms with van der Waals surface area (Å²) >= 11 is 0. The van der Waals surface area contributed by atoms with Gasteiger partial charge in [-0.3, -0.25) is 0 Å². The van der Waals surface area contributed by atoms with E-state index in [4.69, 9.17) is 21.6 Å². The molecule has 0 bridgehead atoms. The van der Waals surface area contributed by atoms with Gasteiger partial charge in [-0.05, 0) is 40.1 Å². The second kappa shape index (κ2) is 29.3. The van der Waals surface area contributed by atoms with Gasteiger partial charge in [0.1, 0.15) is 0 Å². The van der Waals surface area contributed by atoms with E-state index in [1.165, 1.54) is 18.9 Å². The molecular formula is C11H26N4. The normalized spacial score (nSPS) is 6.00. The van der Waals surface area contributed by atoms with Crippen molar-refractivity contribution in [1.29, 1.82) is 21.6 Å². The van der Waals surface area contributed by atoms with Gasteiger partial charge in [-0.2, -0.15) is 0 Å². The van der Waals surface area contributed by atoms with Crippen molar-refractivity contribution in [2.45, 2.75) is 48.0 Å². The standard InChI is InChI=1S/C4H8N2.C3H8.2C2H5N/c1-3(5)4(2)6;1-3-2;2*1-2-3/h5-6H,1-2H3;3H2,1-2H3;2*2-3H,1H3. The third-order valence-electron chi connectivity index (χ3n) is 0.562. The highest BCUT2D eigenvalue weighted by Gasteiger charge is 1.83. The predicted molar refractivity (Wildman–Crippen MR) is 71.7 cm³/mol. The smallest absolute Gasteiger partial charge is 0.0487 e. The Morgan fingerprint density at radius 2 is 0.933 bits per heavy atom. The lowest BCUT2D eigenvalue weighted by molar-refractivity contribution is 1.09. The lowest BCUT2D eigenvalue weighted by Crippen LogP contribution is -1.99. The molecule has 0 radical (unpaired) electrons. The first-order valence-corrected chi connectivity index (χ1v) is 4.90. The second-order valence-corrected chi connectivity index (χ2v) is 2.53. The van der Waals surface area contributed by atoms with Gasteiger partial charge >= 0.3 is 0 Å². The molecule has 0 unspecified atom stereocenters. The molecule has 0 saturated carbocycles. The molecule has 0 aliphatic heterocycles. The third-order valence-corrected chi connectivity index (χ3v) is 0.562. The second-order valence-electron chi connectivity index (χ2n) is 2.53. The molecule has 90 valence electrons. The molecule has 0 aromatic carbocycles. The Balaban J connectivity index is -0.0000000581. The fourth-order valence-corrected chi connectivity index (χ4v) is 0. The van der Waals surface area contributed by atoms with E-state index in [2.05, 4.69) is 13.8 Å². The van der Waals surface area contributed by atoms with E-state index in [9.17, 15) is 0 Å². The summed E-state index contributed by atoms with van der Waals surface area (Å²) in [6, 6.07) is 0. The van der Waals surface area contributed by atoms with Gasteiger partial charge in [-0.1, -0.05) is 20.3 Å². The fourth-order valence-electron chi connectivity index (χ4n) is 0. The maximum atomic E-state index is 6.72. The van der Waals surface area contributed by atoms with Crippen LogP contribution in [0.15, 0.2) is 0 Å². The van der Waals surface area contributed by atoms with Crippen LogP contribution in [0.2, 0.25) is 0 Å². The predicted octanol–water partition coefficient (Wildman–Crippen LogP) is 3.79. The number of hydrogen-bond acceptors (Lipinski definition) is 4. The van der Waals surface area contributed by atoms with Gasteiger partial charge in [0, 0.05) is 11.4 Å². The summed E-state index contributed by atoms with van der Waals surface area (Å²) in [5.74, 6) is 0. The molecule has 0 amide bonds. The average molecular weight is 214 g/mol. The van der Waals surface area contributed by atoms with E-state index >= 15 is 0 Å². The highest BCUT2D eigenvalue weighted by molar-refractivity contribution is 6.37. The molecule has 4 N–H and O–H groups in total. The summed E-state index contributed by atoms with van der Waals surface area (Å²) in [5, 5.41) is 25.6. The van der Waals surface area contributed by atoms with Gasteiger partial charge in [-0.15, -0.1) is 0 Å². The zero-order valence-corrected chi connectivity index (χ0v) is 10.9. The van der Waals surface area contributed by atoms with Crippen LogP contribution in [0, 0.1) is 21.6 Å². The summed E-state index contributed by atoms with van der Waals surface area (Å²) in [4.78, 5) is 0. The molecule has 0 saturated heterocycles. The van der Waals surface area contributed by atoms with Crippen LogP contribution in [0.25, 0.3) is 0 Å². The molecule has 15 heavy (non-hydrogen) atoms. The molecule has 0 atom stereocenters. The van der Waals surface area contributed by atoms with E-state index in [-0.39, 0.29) is 0 Å². The van der Waals surface area contributed by atoms with Crippen LogP contribution in [0.1, 0.15) is 48.0 Å². The Morgan fingerprint density at radius 3 is 0.933 bits per heavy atom. The third kappa shape index (κ3) is 201. The number of nitrogens with one attached hydrogen (secondary N) is 4. The molecule has 0 aliphatic rings. The minimum atomic E-state index is 0.343. The fraction of sp³-hybridized carbons (Fsp3) is 0.636. The van der Waals surface area contributed by atoms with Crippen LogP contribution in [0.3, 0.4) is 0 Å². The SMILES string of the molecule is CC(=N)C(C)=N.CC=N.CC=N.CCC. The molecule has 4 nitrogen and oxygen atoms in total. The van der Waals surface area contributed by atoms with Crippen LogP contribution in [-0.2, 0) is 0 Å². The minimum absolute atomic E-state index is 0.343. The van der Waals surface area contributed by atoms with Gasteiger partial charge in [0.25, 0.3) is 0 Å². The maximum Gasteiger partial charge on any atom is 0.0487 e. The molecule has 0 rings (SSSR count). The Morgan fingerprint density at radius 1 is 0.867 bits per heavy atom. The van der Waals surface area contributed by atoms with E-state index in [0.717, 1.165) is 0 Å². The molecule has 0 aromatic heterocycles. The molecule has 0 fully saturated rings. The zero-order valence-electron chi connectivity index (χ0n) is 10.9. The van der Waals surface area contributed by atoms with E-state index < -0.39 is 0 Å². The zero-order chi connectivity index (χ0) is 13.3. The molecule has 0 heterocycles. The van der Waals surface area contributed by atoms with Gasteiger partial charge < -0.3 is 21.6 Å².